The van der Waals surface area contributed by atoms with Gasteiger partial charge in [-0.1, -0.05) is 32.9 Å². The molecule has 0 aromatic heterocycles. The number of benzene rings is 1. The number of hydrogen-bond donors (Lipinski definition) is 1. The minimum atomic E-state index is 0.0216. The highest BCUT2D eigenvalue weighted by Crippen LogP contribution is 2.25. The molecule has 1 N–H and O–H groups in total. The van der Waals surface area contributed by atoms with Crippen LogP contribution in [-0.2, 0) is 14.9 Å². The number of carbonyl (C=O) groups excluding carboxylic acids is 1. The van der Waals surface area contributed by atoms with Crippen molar-refractivity contribution < 1.29 is 9.53 Å². The Hall–Kier alpha value is -1.35. The molecule has 0 aliphatic carbocycles. The highest BCUT2D eigenvalue weighted by atomic mass is 16.5. The molecule has 1 aliphatic rings. The van der Waals surface area contributed by atoms with Crippen LogP contribution >= 0.6 is 0 Å². The van der Waals surface area contributed by atoms with E-state index in [9.17, 15) is 4.79 Å². The quantitative estimate of drug-likeness (QED) is 0.852. The molecular weight excluding hydrogens is 214 g/mol. The molecule has 0 spiro atoms. The number of rotatable bonds is 2. The standard InChI is InChI=1S/C14H19NO2/c1-14(2,3)11-5-4-6-12(7-11)15-13(16)10-8-17-9-10/h4-7,10H,8-9H2,1-3H3,(H,15,16). The molecule has 1 fully saturated rings. The van der Waals surface area contributed by atoms with Crippen LogP contribution in [-0.4, -0.2) is 19.1 Å². The van der Waals surface area contributed by atoms with E-state index < -0.39 is 0 Å². The highest BCUT2D eigenvalue weighted by molar-refractivity contribution is 5.93. The van der Waals surface area contributed by atoms with Gasteiger partial charge in [0.2, 0.25) is 5.91 Å². The van der Waals surface area contributed by atoms with Gasteiger partial charge < -0.3 is 10.1 Å². The Morgan fingerprint density at radius 3 is 2.59 bits per heavy atom. The smallest absolute Gasteiger partial charge is 0.232 e. The summed E-state index contributed by atoms with van der Waals surface area (Å²) < 4.78 is 5.01. The first-order valence-corrected chi connectivity index (χ1v) is 5.96. The summed E-state index contributed by atoms with van der Waals surface area (Å²) in [5.74, 6) is 0.0793. The number of ether oxygens (including phenoxy) is 1. The third-order valence-electron chi connectivity index (χ3n) is 3.00. The molecule has 0 radical (unpaired) electrons. The van der Waals surface area contributed by atoms with Crippen molar-refractivity contribution >= 4 is 11.6 Å². The van der Waals surface area contributed by atoms with Crippen molar-refractivity contribution in [3.8, 4) is 0 Å². The van der Waals surface area contributed by atoms with Crippen molar-refractivity contribution in [3.05, 3.63) is 29.8 Å². The minimum Gasteiger partial charge on any atom is -0.380 e. The second-order valence-electron chi connectivity index (χ2n) is 5.55. The van der Waals surface area contributed by atoms with Crippen LogP contribution in [0.3, 0.4) is 0 Å². The van der Waals surface area contributed by atoms with Gasteiger partial charge in [-0.2, -0.15) is 0 Å². The van der Waals surface area contributed by atoms with Crippen LogP contribution in [0.15, 0.2) is 24.3 Å². The average molecular weight is 233 g/mol. The lowest BCUT2D eigenvalue weighted by Gasteiger charge is -2.25. The molecule has 1 aromatic carbocycles. The molecule has 2 rings (SSSR count). The van der Waals surface area contributed by atoms with E-state index in [-0.39, 0.29) is 17.2 Å². The molecule has 1 saturated heterocycles. The summed E-state index contributed by atoms with van der Waals surface area (Å²) in [5.41, 5.74) is 2.19. The summed E-state index contributed by atoms with van der Waals surface area (Å²) in [7, 11) is 0. The predicted octanol–water partition coefficient (Wildman–Crippen LogP) is 2.57. The molecular formula is C14H19NO2. The van der Waals surface area contributed by atoms with Crippen LogP contribution in [0, 0.1) is 5.92 Å². The predicted molar refractivity (Wildman–Crippen MR) is 68.1 cm³/mol. The Bertz CT molecular complexity index is 416. The Kier molecular flexibility index (Phi) is 3.20. The number of hydrogen-bond acceptors (Lipinski definition) is 2. The zero-order valence-corrected chi connectivity index (χ0v) is 10.6. The fraction of sp³-hybridized carbons (Fsp3) is 0.500. The third kappa shape index (κ3) is 2.86. The summed E-state index contributed by atoms with van der Waals surface area (Å²) in [4.78, 5) is 11.8. The van der Waals surface area contributed by atoms with E-state index in [0.29, 0.717) is 13.2 Å². The van der Waals surface area contributed by atoms with Crippen LogP contribution in [0.2, 0.25) is 0 Å². The number of amides is 1. The molecule has 0 unspecified atom stereocenters. The van der Waals surface area contributed by atoms with Crippen molar-refractivity contribution in [2.75, 3.05) is 18.5 Å². The van der Waals surface area contributed by atoms with Gasteiger partial charge in [-0.25, -0.2) is 0 Å². The molecule has 0 saturated carbocycles. The second kappa shape index (κ2) is 4.49. The zero-order valence-electron chi connectivity index (χ0n) is 10.6. The van der Waals surface area contributed by atoms with Crippen molar-refractivity contribution in [3.63, 3.8) is 0 Å². The molecule has 1 heterocycles. The van der Waals surface area contributed by atoms with Crippen LogP contribution in [0.25, 0.3) is 0 Å². The molecule has 0 atom stereocenters. The number of nitrogens with one attached hydrogen (secondary N) is 1. The lowest BCUT2D eigenvalue weighted by Crippen LogP contribution is -2.38. The normalized spacial score (nSPS) is 16.4. The van der Waals surface area contributed by atoms with Crippen LogP contribution in [0.4, 0.5) is 5.69 Å². The average Bonchev–Trinajstić information content (AvgIpc) is 2.13. The van der Waals surface area contributed by atoms with E-state index in [2.05, 4.69) is 32.2 Å². The lowest BCUT2D eigenvalue weighted by atomic mass is 9.87. The monoisotopic (exact) mass is 233 g/mol. The van der Waals surface area contributed by atoms with Crippen molar-refractivity contribution in [1.29, 1.82) is 0 Å². The fourth-order valence-electron chi connectivity index (χ4n) is 1.69. The summed E-state index contributed by atoms with van der Waals surface area (Å²) in [6, 6.07) is 8.03. The third-order valence-corrected chi connectivity index (χ3v) is 3.00. The maximum Gasteiger partial charge on any atom is 0.232 e. The van der Waals surface area contributed by atoms with E-state index in [0.717, 1.165) is 5.69 Å². The first-order chi connectivity index (χ1) is 7.97. The maximum absolute atomic E-state index is 11.8. The Balaban J connectivity index is 2.08. The summed E-state index contributed by atoms with van der Waals surface area (Å²) in [6.45, 7) is 7.57. The van der Waals surface area contributed by atoms with E-state index in [1.54, 1.807) is 0 Å². The van der Waals surface area contributed by atoms with E-state index >= 15 is 0 Å². The summed E-state index contributed by atoms with van der Waals surface area (Å²) in [5, 5.41) is 2.94. The number of carbonyl (C=O) groups is 1. The van der Waals surface area contributed by atoms with Gasteiger partial charge in [0.1, 0.15) is 0 Å². The topological polar surface area (TPSA) is 38.3 Å². The fourth-order valence-corrected chi connectivity index (χ4v) is 1.69. The molecule has 3 heteroatoms. The Morgan fingerprint density at radius 2 is 2.06 bits per heavy atom. The lowest BCUT2D eigenvalue weighted by molar-refractivity contribution is -0.133. The summed E-state index contributed by atoms with van der Waals surface area (Å²) >= 11 is 0. The zero-order chi connectivity index (χ0) is 12.5. The largest absolute Gasteiger partial charge is 0.380 e. The van der Waals surface area contributed by atoms with Crippen molar-refractivity contribution in [2.45, 2.75) is 26.2 Å². The molecule has 1 aromatic rings. The first-order valence-electron chi connectivity index (χ1n) is 5.96. The van der Waals surface area contributed by atoms with Crippen LogP contribution in [0.5, 0.6) is 0 Å². The van der Waals surface area contributed by atoms with Gasteiger partial charge in [0.25, 0.3) is 0 Å². The van der Waals surface area contributed by atoms with Crippen molar-refractivity contribution in [1.82, 2.24) is 0 Å². The minimum absolute atomic E-state index is 0.0216. The molecule has 92 valence electrons. The van der Waals surface area contributed by atoms with Crippen LogP contribution in [0.1, 0.15) is 26.3 Å². The SMILES string of the molecule is CC(C)(C)c1cccc(NC(=O)C2COC2)c1. The van der Waals surface area contributed by atoms with E-state index in [1.807, 2.05) is 18.2 Å². The van der Waals surface area contributed by atoms with E-state index in [4.69, 9.17) is 4.74 Å². The van der Waals surface area contributed by atoms with Gasteiger partial charge in [-0.3, -0.25) is 4.79 Å². The molecule has 1 aliphatic heterocycles. The summed E-state index contributed by atoms with van der Waals surface area (Å²) in [6.07, 6.45) is 0. The highest BCUT2D eigenvalue weighted by Gasteiger charge is 2.26. The molecule has 3 nitrogen and oxygen atoms in total. The van der Waals surface area contributed by atoms with Gasteiger partial charge in [0.15, 0.2) is 0 Å². The second-order valence-corrected chi connectivity index (χ2v) is 5.55. The Labute approximate surface area is 102 Å². The maximum atomic E-state index is 11.8. The van der Waals surface area contributed by atoms with Gasteiger partial charge in [-0.05, 0) is 23.1 Å². The Morgan fingerprint density at radius 1 is 1.35 bits per heavy atom. The molecule has 0 bridgehead atoms. The van der Waals surface area contributed by atoms with Gasteiger partial charge in [-0.15, -0.1) is 0 Å². The molecule has 17 heavy (non-hydrogen) atoms. The van der Waals surface area contributed by atoms with E-state index in [1.165, 1.54) is 5.56 Å². The molecule has 1 amide bonds. The van der Waals surface area contributed by atoms with Crippen LogP contribution < -0.4 is 5.32 Å². The van der Waals surface area contributed by atoms with Crippen molar-refractivity contribution in [2.24, 2.45) is 5.92 Å². The van der Waals surface area contributed by atoms with Gasteiger partial charge in [0, 0.05) is 5.69 Å². The first kappa shape index (κ1) is 12.1. The van der Waals surface area contributed by atoms with Gasteiger partial charge in [0.05, 0.1) is 19.1 Å². The van der Waals surface area contributed by atoms with Gasteiger partial charge >= 0.3 is 0 Å². The number of anilines is 1.